The number of allylic oxidation sites excluding steroid dienone is 6. The molecule has 0 spiro atoms. The van der Waals surface area contributed by atoms with Crippen LogP contribution in [0.1, 0.15) is 46.0 Å². The van der Waals surface area contributed by atoms with E-state index >= 15 is 0 Å². The molecule has 0 amide bonds. The van der Waals surface area contributed by atoms with E-state index in [9.17, 15) is 4.79 Å². The van der Waals surface area contributed by atoms with Crippen molar-refractivity contribution in [1.29, 1.82) is 0 Å². The van der Waals surface area contributed by atoms with Crippen LogP contribution in [0.4, 0.5) is 0 Å². The van der Waals surface area contributed by atoms with Gasteiger partial charge in [-0.1, -0.05) is 41.6 Å². The van der Waals surface area contributed by atoms with Crippen LogP contribution in [0.25, 0.3) is 0 Å². The zero-order valence-corrected chi connectivity index (χ0v) is 13.7. The third kappa shape index (κ3) is 4.85. The number of nitrogens with zero attached hydrogens (tertiary/aromatic N) is 1. The number of ketones is 1. The van der Waals surface area contributed by atoms with Crippen LogP contribution in [-0.2, 0) is 4.79 Å². The van der Waals surface area contributed by atoms with Crippen molar-refractivity contribution in [2.75, 3.05) is 6.54 Å². The summed E-state index contributed by atoms with van der Waals surface area (Å²) in [6.07, 6.45) is 12.3. The van der Waals surface area contributed by atoms with Gasteiger partial charge in [-0.2, -0.15) is 0 Å². The van der Waals surface area contributed by atoms with E-state index in [1.165, 1.54) is 11.1 Å². The summed E-state index contributed by atoms with van der Waals surface area (Å²) in [5.74, 6) is 0.863. The van der Waals surface area contributed by atoms with Gasteiger partial charge in [-0.05, 0) is 45.1 Å². The summed E-state index contributed by atoms with van der Waals surface area (Å²) in [5.41, 5.74) is 3.60. The zero-order chi connectivity index (χ0) is 15.2. The van der Waals surface area contributed by atoms with Gasteiger partial charge in [-0.25, -0.2) is 0 Å². The predicted molar refractivity (Wildman–Crippen MR) is 93.1 cm³/mol. The first-order chi connectivity index (χ1) is 10.1. The molecule has 0 fully saturated rings. The normalized spacial score (nSPS) is 22.9. The smallest absolute Gasteiger partial charge is 0.142 e. The average Bonchev–Trinajstić information content (AvgIpc) is 2.82. The van der Waals surface area contributed by atoms with Gasteiger partial charge in [0.15, 0.2) is 0 Å². The molecule has 0 radical (unpaired) electrons. The van der Waals surface area contributed by atoms with E-state index in [4.69, 9.17) is 12.2 Å². The lowest BCUT2D eigenvalue weighted by Gasteiger charge is -2.10. The van der Waals surface area contributed by atoms with Gasteiger partial charge < -0.3 is 0 Å². The van der Waals surface area contributed by atoms with Crippen LogP contribution < -0.4 is 0 Å². The van der Waals surface area contributed by atoms with Crippen molar-refractivity contribution in [3.8, 4) is 0 Å². The molecule has 0 aromatic rings. The Kier molecular flexibility index (Phi) is 5.80. The minimum Gasteiger partial charge on any atom is -0.299 e. The van der Waals surface area contributed by atoms with Crippen LogP contribution in [0, 0.1) is 5.92 Å². The second-order valence-corrected chi connectivity index (χ2v) is 6.45. The molecule has 3 heteroatoms. The lowest BCUT2D eigenvalue weighted by atomic mass is 9.95. The Bertz CT molecular complexity index is 552. The standard InChI is InChI=1S/C18H23NOS/c1-3-13(2)15-8-7-14(9-15)10-17(20)11-16-5-4-6-18(21)12-19-16/h3-5,7,15H,6,8-12H2,1-2H3. The van der Waals surface area contributed by atoms with Crippen LogP contribution in [0.3, 0.4) is 0 Å². The molecule has 0 aromatic heterocycles. The van der Waals surface area contributed by atoms with Crippen LogP contribution >= 0.6 is 12.2 Å². The first-order valence-corrected chi connectivity index (χ1v) is 8.03. The summed E-state index contributed by atoms with van der Waals surface area (Å²) in [7, 11) is 0. The van der Waals surface area contributed by atoms with Crippen LogP contribution in [-0.4, -0.2) is 22.9 Å². The molecule has 21 heavy (non-hydrogen) atoms. The maximum atomic E-state index is 12.2. The number of hydrogen-bond acceptors (Lipinski definition) is 3. The van der Waals surface area contributed by atoms with Crippen molar-refractivity contribution >= 4 is 28.6 Å². The van der Waals surface area contributed by atoms with E-state index in [1.807, 2.05) is 12.2 Å². The minimum absolute atomic E-state index is 0.260. The molecule has 0 saturated heterocycles. The summed E-state index contributed by atoms with van der Waals surface area (Å²) >= 11 is 5.17. The van der Waals surface area contributed by atoms with Gasteiger partial charge in [0.05, 0.1) is 6.54 Å². The SMILES string of the molecule is CC=C(C)C1CC=C(CC(=O)CC2=NCC(=S)CC=C2)C1. The number of thiocarbonyl (C=S) groups is 1. The average molecular weight is 301 g/mol. The van der Waals surface area contributed by atoms with Crippen molar-refractivity contribution in [2.24, 2.45) is 10.9 Å². The fourth-order valence-electron chi connectivity index (χ4n) is 2.78. The highest BCUT2D eigenvalue weighted by Gasteiger charge is 2.20. The molecule has 1 atom stereocenters. The molecule has 112 valence electrons. The van der Waals surface area contributed by atoms with Gasteiger partial charge in [-0.15, -0.1) is 0 Å². The van der Waals surface area contributed by atoms with Gasteiger partial charge in [0.2, 0.25) is 0 Å². The van der Waals surface area contributed by atoms with Crippen LogP contribution in [0.15, 0.2) is 40.4 Å². The lowest BCUT2D eigenvalue weighted by Crippen LogP contribution is -2.08. The third-order valence-electron chi connectivity index (χ3n) is 4.22. The highest BCUT2D eigenvalue weighted by molar-refractivity contribution is 7.80. The number of aliphatic imine (C=N–C) groups is 1. The van der Waals surface area contributed by atoms with E-state index in [2.05, 4.69) is 31.0 Å². The van der Waals surface area contributed by atoms with E-state index in [0.29, 0.717) is 25.3 Å². The summed E-state index contributed by atoms with van der Waals surface area (Å²) < 4.78 is 0. The fourth-order valence-corrected chi connectivity index (χ4v) is 2.95. The van der Waals surface area contributed by atoms with Crippen molar-refractivity contribution in [1.82, 2.24) is 0 Å². The van der Waals surface area contributed by atoms with E-state index in [0.717, 1.165) is 29.8 Å². The molecule has 0 N–H and O–H groups in total. The number of Topliss-reactive ketones (excluding diaryl/α,β-unsaturated/α-hetero) is 1. The van der Waals surface area contributed by atoms with Gasteiger partial charge in [0.25, 0.3) is 0 Å². The van der Waals surface area contributed by atoms with Crippen molar-refractivity contribution in [3.05, 3.63) is 35.5 Å². The second-order valence-electron chi connectivity index (χ2n) is 5.88. The number of carbonyl (C=O) groups is 1. The molecule has 1 aliphatic heterocycles. The third-order valence-corrected chi connectivity index (χ3v) is 4.51. The lowest BCUT2D eigenvalue weighted by molar-refractivity contribution is -0.117. The first-order valence-electron chi connectivity index (χ1n) is 7.62. The Hall–Kier alpha value is -1.35. The molecule has 2 aliphatic rings. The molecule has 1 heterocycles. The van der Waals surface area contributed by atoms with Crippen molar-refractivity contribution in [3.63, 3.8) is 0 Å². The molecule has 2 nitrogen and oxygen atoms in total. The minimum atomic E-state index is 0.260. The molecular weight excluding hydrogens is 278 g/mol. The highest BCUT2D eigenvalue weighted by Crippen LogP contribution is 2.32. The summed E-state index contributed by atoms with van der Waals surface area (Å²) in [5, 5.41) is 0. The Morgan fingerprint density at radius 2 is 2.29 bits per heavy atom. The van der Waals surface area contributed by atoms with Gasteiger partial charge in [0.1, 0.15) is 5.78 Å². The summed E-state index contributed by atoms with van der Waals surface area (Å²) in [6.45, 7) is 4.84. The second kappa shape index (κ2) is 7.60. The van der Waals surface area contributed by atoms with E-state index in [1.54, 1.807) is 0 Å². The first kappa shape index (κ1) is 16.0. The van der Waals surface area contributed by atoms with Gasteiger partial charge in [-0.3, -0.25) is 9.79 Å². The van der Waals surface area contributed by atoms with Gasteiger partial charge >= 0.3 is 0 Å². The molecule has 1 unspecified atom stereocenters. The zero-order valence-electron chi connectivity index (χ0n) is 12.9. The summed E-state index contributed by atoms with van der Waals surface area (Å²) in [6, 6.07) is 0. The maximum absolute atomic E-state index is 12.2. The monoisotopic (exact) mass is 301 g/mol. The topological polar surface area (TPSA) is 29.4 Å². The number of hydrogen-bond donors (Lipinski definition) is 0. The van der Waals surface area contributed by atoms with E-state index < -0.39 is 0 Å². The quantitative estimate of drug-likeness (QED) is 0.556. The molecule has 1 aliphatic carbocycles. The Labute approximate surface area is 132 Å². The molecular formula is C18H23NOS. The molecule has 0 aromatic carbocycles. The Morgan fingerprint density at radius 1 is 1.48 bits per heavy atom. The van der Waals surface area contributed by atoms with Crippen LogP contribution in [0.5, 0.6) is 0 Å². The predicted octanol–water partition coefficient (Wildman–Crippen LogP) is 4.41. The Balaban J connectivity index is 1.84. The Morgan fingerprint density at radius 3 is 3.05 bits per heavy atom. The highest BCUT2D eigenvalue weighted by atomic mass is 32.1. The van der Waals surface area contributed by atoms with Crippen molar-refractivity contribution in [2.45, 2.75) is 46.0 Å². The van der Waals surface area contributed by atoms with E-state index in [-0.39, 0.29) is 5.78 Å². The molecule has 2 rings (SSSR count). The maximum Gasteiger partial charge on any atom is 0.142 e. The van der Waals surface area contributed by atoms with Crippen LogP contribution in [0.2, 0.25) is 0 Å². The summed E-state index contributed by atoms with van der Waals surface area (Å²) in [4.78, 5) is 17.6. The molecule has 0 bridgehead atoms. The number of rotatable bonds is 5. The fraction of sp³-hybridized carbons (Fsp3) is 0.500. The van der Waals surface area contributed by atoms with Gasteiger partial charge in [0, 0.05) is 23.4 Å². The number of carbonyl (C=O) groups excluding carboxylic acids is 1. The largest absolute Gasteiger partial charge is 0.299 e. The van der Waals surface area contributed by atoms with Crippen molar-refractivity contribution < 1.29 is 4.79 Å². The molecule has 0 saturated carbocycles.